The van der Waals surface area contributed by atoms with Crippen LogP contribution in [0.5, 0.6) is 5.75 Å². The van der Waals surface area contributed by atoms with Crippen LogP contribution in [-0.2, 0) is 4.79 Å². The van der Waals surface area contributed by atoms with E-state index in [2.05, 4.69) is 22.1 Å². The van der Waals surface area contributed by atoms with Crippen molar-refractivity contribution in [3.05, 3.63) is 54.2 Å². The molecule has 6 heteroatoms. The van der Waals surface area contributed by atoms with E-state index in [9.17, 15) is 4.79 Å². The van der Waals surface area contributed by atoms with Crippen LogP contribution in [0.15, 0.2) is 43.1 Å². The van der Waals surface area contributed by atoms with E-state index in [-0.39, 0.29) is 11.2 Å². The van der Waals surface area contributed by atoms with Crippen LogP contribution in [0.4, 0.5) is 5.82 Å². The number of nitrogens with one attached hydrogen (secondary N) is 2. The molecule has 0 saturated heterocycles. The Kier molecular flexibility index (Phi) is 3.96. The van der Waals surface area contributed by atoms with Gasteiger partial charge in [-0.25, -0.2) is 0 Å². The number of fused-ring (bicyclic) bond motifs is 1. The summed E-state index contributed by atoms with van der Waals surface area (Å²) in [4.78, 5) is 11.7. The number of thioether (sulfide) groups is 1. The minimum atomic E-state index is -0.0212. The minimum Gasteiger partial charge on any atom is -0.490 e. The van der Waals surface area contributed by atoms with Crippen LogP contribution in [0.3, 0.4) is 0 Å². The molecule has 21 heavy (non-hydrogen) atoms. The fourth-order valence-electron chi connectivity index (χ4n) is 2.22. The largest absolute Gasteiger partial charge is 0.490 e. The van der Waals surface area contributed by atoms with E-state index in [0.717, 1.165) is 16.9 Å². The number of carbonyl (C=O) groups is 1. The van der Waals surface area contributed by atoms with Crippen LogP contribution in [0.2, 0.25) is 0 Å². The molecule has 1 aromatic carbocycles. The molecular weight excluding hydrogens is 286 g/mol. The van der Waals surface area contributed by atoms with E-state index < -0.39 is 0 Å². The number of amides is 1. The molecule has 2 aromatic rings. The first kappa shape index (κ1) is 13.8. The normalized spacial score (nSPS) is 17.5. The Balaban J connectivity index is 1.93. The molecule has 1 aliphatic rings. The van der Waals surface area contributed by atoms with Gasteiger partial charge in [0.25, 0.3) is 0 Å². The first-order valence-electron chi connectivity index (χ1n) is 6.56. The zero-order valence-corrected chi connectivity index (χ0v) is 12.2. The van der Waals surface area contributed by atoms with Crippen molar-refractivity contribution in [2.45, 2.75) is 5.25 Å². The van der Waals surface area contributed by atoms with Crippen molar-refractivity contribution in [1.29, 1.82) is 0 Å². The lowest BCUT2D eigenvalue weighted by molar-refractivity contribution is -0.113. The molecule has 0 bridgehead atoms. The van der Waals surface area contributed by atoms with Crippen LogP contribution >= 0.6 is 11.8 Å². The average Bonchev–Trinajstić information content (AvgIpc) is 2.88. The maximum absolute atomic E-state index is 11.7. The van der Waals surface area contributed by atoms with Gasteiger partial charge in [-0.2, -0.15) is 5.10 Å². The average molecular weight is 301 g/mol. The summed E-state index contributed by atoms with van der Waals surface area (Å²) in [5, 5.41) is 9.74. The number of nitrogens with zero attached hydrogens (tertiary/aromatic N) is 1. The zero-order valence-electron chi connectivity index (χ0n) is 11.3. The van der Waals surface area contributed by atoms with Gasteiger partial charge >= 0.3 is 0 Å². The maximum Gasteiger partial charge on any atom is 0.235 e. The molecule has 2 heterocycles. The van der Waals surface area contributed by atoms with Gasteiger partial charge in [0.2, 0.25) is 5.91 Å². The summed E-state index contributed by atoms with van der Waals surface area (Å²) in [6, 6.07) is 7.89. The fraction of sp³-hybridized carbons (Fsp3) is 0.200. The molecule has 3 rings (SSSR count). The third-order valence-electron chi connectivity index (χ3n) is 3.13. The number of benzene rings is 1. The van der Waals surface area contributed by atoms with Crippen LogP contribution in [0, 0.1) is 0 Å². The Morgan fingerprint density at radius 2 is 2.43 bits per heavy atom. The van der Waals surface area contributed by atoms with E-state index >= 15 is 0 Å². The number of hydrogen-bond acceptors (Lipinski definition) is 4. The molecule has 5 nitrogen and oxygen atoms in total. The van der Waals surface area contributed by atoms with Crippen LogP contribution < -0.4 is 10.1 Å². The molecule has 2 N–H and O–H groups in total. The van der Waals surface area contributed by atoms with Crippen molar-refractivity contribution >= 4 is 23.5 Å². The Labute approximate surface area is 126 Å². The number of aromatic amines is 1. The molecule has 0 saturated carbocycles. The molecule has 0 spiro atoms. The second kappa shape index (κ2) is 6.05. The lowest BCUT2D eigenvalue weighted by atomic mass is 10.1. The Bertz CT molecular complexity index is 668. The van der Waals surface area contributed by atoms with E-state index in [4.69, 9.17) is 4.74 Å². The third kappa shape index (κ3) is 2.95. The van der Waals surface area contributed by atoms with Crippen LogP contribution in [-0.4, -0.2) is 28.5 Å². The summed E-state index contributed by atoms with van der Waals surface area (Å²) >= 11 is 1.58. The van der Waals surface area contributed by atoms with Crippen molar-refractivity contribution in [3.63, 3.8) is 0 Å². The number of aromatic nitrogens is 2. The summed E-state index contributed by atoms with van der Waals surface area (Å²) in [6.07, 6.45) is 3.47. The number of ether oxygens (including phenoxy) is 1. The molecule has 108 valence electrons. The van der Waals surface area contributed by atoms with Gasteiger partial charge in [0, 0.05) is 5.56 Å². The number of anilines is 1. The summed E-state index contributed by atoms with van der Waals surface area (Å²) in [7, 11) is 0. The summed E-state index contributed by atoms with van der Waals surface area (Å²) in [6.45, 7) is 4.11. The molecule has 0 fully saturated rings. The van der Waals surface area contributed by atoms with E-state index in [1.54, 1.807) is 24.0 Å². The fourth-order valence-corrected chi connectivity index (χ4v) is 3.30. The highest BCUT2D eigenvalue weighted by atomic mass is 32.2. The number of carbonyl (C=O) groups excluding carboxylic acids is 1. The Hall–Kier alpha value is -2.21. The van der Waals surface area contributed by atoms with Crippen LogP contribution in [0.25, 0.3) is 0 Å². The van der Waals surface area contributed by atoms with Crippen molar-refractivity contribution in [2.75, 3.05) is 17.7 Å². The van der Waals surface area contributed by atoms with Crippen molar-refractivity contribution in [1.82, 2.24) is 10.2 Å². The van der Waals surface area contributed by atoms with Crippen LogP contribution in [0.1, 0.15) is 16.4 Å². The van der Waals surface area contributed by atoms with Crippen molar-refractivity contribution in [2.24, 2.45) is 0 Å². The predicted molar refractivity (Wildman–Crippen MR) is 83.7 cm³/mol. The third-order valence-corrected chi connectivity index (χ3v) is 4.41. The van der Waals surface area contributed by atoms with Crippen molar-refractivity contribution in [3.8, 4) is 5.75 Å². The van der Waals surface area contributed by atoms with Gasteiger partial charge in [0.1, 0.15) is 18.2 Å². The Morgan fingerprint density at radius 1 is 1.52 bits per heavy atom. The topological polar surface area (TPSA) is 67.0 Å². The van der Waals surface area contributed by atoms with Gasteiger partial charge in [0.15, 0.2) is 0 Å². The number of H-pyrrole nitrogens is 1. The molecule has 1 aromatic heterocycles. The monoisotopic (exact) mass is 301 g/mol. The molecule has 0 unspecified atom stereocenters. The molecule has 1 amide bonds. The van der Waals surface area contributed by atoms with E-state index in [1.165, 1.54) is 0 Å². The zero-order chi connectivity index (χ0) is 14.7. The SMILES string of the molecule is C=CCOc1cccc([C@@H]2SCC(=O)Nc3[nH]ncc32)c1. The summed E-state index contributed by atoms with van der Waals surface area (Å²) < 4.78 is 5.58. The van der Waals surface area contributed by atoms with Gasteiger partial charge < -0.3 is 10.1 Å². The summed E-state index contributed by atoms with van der Waals surface area (Å²) in [5.74, 6) is 1.85. The molecule has 0 aliphatic carbocycles. The minimum absolute atomic E-state index is 0.0212. The second-order valence-electron chi connectivity index (χ2n) is 4.61. The quantitative estimate of drug-likeness (QED) is 0.852. The van der Waals surface area contributed by atoms with Crippen molar-refractivity contribution < 1.29 is 9.53 Å². The molecular formula is C15H15N3O2S. The lowest BCUT2D eigenvalue weighted by Gasteiger charge is -2.15. The van der Waals surface area contributed by atoms with Gasteiger partial charge in [0.05, 0.1) is 17.2 Å². The van der Waals surface area contributed by atoms with Gasteiger partial charge in [-0.15, -0.1) is 11.8 Å². The van der Waals surface area contributed by atoms with Gasteiger partial charge in [-0.3, -0.25) is 9.89 Å². The highest BCUT2D eigenvalue weighted by molar-refractivity contribution is 8.00. The molecule has 1 atom stereocenters. The molecule has 0 radical (unpaired) electrons. The number of rotatable bonds is 4. The highest BCUT2D eigenvalue weighted by Crippen LogP contribution is 2.41. The maximum atomic E-state index is 11.7. The second-order valence-corrected chi connectivity index (χ2v) is 5.71. The van der Waals surface area contributed by atoms with E-state index in [0.29, 0.717) is 18.2 Å². The molecule has 1 aliphatic heterocycles. The number of hydrogen-bond donors (Lipinski definition) is 2. The smallest absolute Gasteiger partial charge is 0.235 e. The van der Waals surface area contributed by atoms with E-state index in [1.807, 2.05) is 24.3 Å². The van der Waals surface area contributed by atoms with Gasteiger partial charge in [-0.1, -0.05) is 24.8 Å². The highest BCUT2D eigenvalue weighted by Gasteiger charge is 2.25. The predicted octanol–water partition coefficient (Wildman–Crippen LogP) is 2.75. The standard InChI is InChI=1S/C15H15N3O2S/c1-2-6-20-11-5-3-4-10(7-11)14-12-8-16-18-15(12)17-13(19)9-21-14/h2-5,7-8,14H,1,6,9H2,(H2,16,17,18,19)/t14-/m0/s1. The lowest BCUT2D eigenvalue weighted by Crippen LogP contribution is -2.12. The first-order valence-corrected chi connectivity index (χ1v) is 7.61. The first-order chi connectivity index (χ1) is 10.3. The van der Waals surface area contributed by atoms with Gasteiger partial charge in [-0.05, 0) is 17.7 Å². The summed E-state index contributed by atoms with van der Waals surface area (Å²) in [5.41, 5.74) is 2.06. The Morgan fingerprint density at radius 3 is 3.29 bits per heavy atom.